The lowest BCUT2D eigenvalue weighted by Crippen LogP contribution is -2.65. The highest BCUT2D eigenvalue weighted by molar-refractivity contribution is 7.21. The average molecular weight is 356 g/mol. The monoisotopic (exact) mass is 356 g/mol. The number of methoxy groups -OCH3 is 1. The number of carbonyl (C=O) groups is 1. The van der Waals surface area contributed by atoms with Crippen LogP contribution in [0.5, 0.6) is 0 Å². The van der Waals surface area contributed by atoms with Crippen LogP contribution in [0, 0.1) is 5.92 Å². The largest absolute Gasteiger partial charge is 0.380 e. The zero-order valence-corrected chi connectivity index (χ0v) is 15.4. The summed E-state index contributed by atoms with van der Waals surface area (Å²) >= 11 is 1.60. The maximum Gasteiger partial charge on any atom is 0.261 e. The molecule has 25 heavy (non-hydrogen) atoms. The third-order valence-electron chi connectivity index (χ3n) is 6.42. The van der Waals surface area contributed by atoms with Crippen molar-refractivity contribution in [3.8, 4) is 0 Å². The maximum absolute atomic E-state index is 13.0. The van der Waals surface area contributed by atoms with E-state index in [0.29, 0.717) is 18.6 Å². The zero-order valence-electron chi connectivity index (χ0n) is 14.6. The third kappa shape index (κ3) is 2.44. The highest BCUT2D eigenvalue weighted by Crippen LogP contribution is 2.53. The number of nitrogens with zero attached hydrogens (tertiary/aromatic N) is 1. The van der Waals surface area contributed by atoms with E-state index in [0.717, 1.165) is 15.8 Å². The van der Waals surface area contributed by atoms with Crippen LogP contribution in [-0.4, -0.2) is 42.6 Å². The molecule has 1 aromatic heterocycles. The van der Waals surface area contributed by atoms with Crippen molar-refractivity contribution in [1.29, 1.82) is 0 Å². The van der Waals surface area contributed by atoms with Crippen LogP contribution in [0.15, 0.2) is 24.3 Å². The lowest BCUT2D eigenvalue weighted by molar-refractivity contribution is -0.00138. The fourth-order valence-corrected chi connectivity index (χ4v) is 6.10. The van der Waals surface area contributed by atoms with Gasteiger partial charge in [0.05, 0.1) is 17.5 Å². The second-order valence-corrected chi connectivity index (χ2v) is 8.81. The fourth-order valence-electron chi connectivity index (χ4n) is 5.04. The van der Waals surface area contributed by atoms with E-state index in [9.17, 15) is 4.79 Å². The number of nitrogens with one attached hydrogen (secondary N) is 1. The Morgan fingerprint density at radius 3 is 2.88 bits per heavy atom. The Labute approximate surface area is 152 Å². The van der Waals surface area contributed by atoms with Gasteiger partial charge in [-0.25, -0.2) is 0 Å². The Morgan fingerprint density at radius 1 is 1.36 bits per heavy atom. The minimum absolute atomic E-state index is 0.106. The Hall–Kier alpha value is -1.43. The van der Waals surface area contributed by atoms with Gasteiger partial charge in [0.15, 0.2) is 0 Å². The van der Waals surface area contributed by atoms with Crippen LogP contribution in [0.1, 0.15) is 40.9 Å². The number of fused-ring (bicyclic) bond motifs is 3. The molecule has 2 aromatic rings. The molecule has 1 atom stereocenters. The van der Waals surface area contributed by atoms with Crippen LogP contribution in [0.4, 0.5) is 0 Å². The first-order valence-corrected chi connectivity index (χ1v) is 10.1. The van der Waals surface area contributed by atoms with E-state index in [1.807, 2.05) is 12.1 Å². The normalized spacial score (nSPS) is 29.2. The summed E-state index contributed by atoms with van der Waals surface area (Å²) in [6, 6.07) is 8.58. The quantitative estimate of drug-likeness (QED) is 0.913. The van der Waals surface area contributed by atoms with Crippen molar-refractivity contribution in [3.63, 3.8) is 0 Å². The smallest absolute Gasteiger partial charge is 0.261 e. The van der Waals surface area contributed by atoms with Gasteiger partial charge in [0.25, 0.3) is 5.91 Å². The molecule has 4 heterocycles. The molecule has 1 aliphatic carbocycles. The zero-order chi connectivity index (χ0) is 17.0. The van der Waals surface area contributed by atoms with Crippen molar-refractivity contribution in [1.82, 2.24) is 10.2 Å². The van der Waals surface area contributed by atoms with Gasteiger partial charge in [0.2, 0.25) is 0 Å². The van der Waals surface area contributed by atoms with E-state index < -0.39 is 0 Å². The number of amides is 1. The number of hydrogen-bond donors (Lipinski definition) is 1. The van der Waals surface area contributed by atoms with Crippen molar-refractivity contribution in [2.75, 3.05) is 20.2 Å². The van der Waals surface area contributed by atoms with Crippen LogP contribution in [0.25, 0.3) is 10.1 Å². The molecule has 1 N–H and O–H groups in total. The van der Waals surface area contributed by atoms with E-state index in [-0.39, 0.29) is 11.4 Å². The van der Waals surface area contributed by atoms with Crippen molar-refractivity contribution in [2.24, 2.45) is 5.92 Å². The first kappa shape index (κ1) is 15.8. The number of thiophene rings is 1. The number of hydrogen-bond acceptors (Lipinski definition) is 4. The molecule has 4 aliphatic rings. The summed E-state index contributed by atoms with van der Waals surface area (Å²) < 4.78 is 6.47. The SMILES string of the molecule is COCc1cccc2cc(C(=O)NC3C4CCN(CC4)C34CC4)sc12. The molecule has 3 aliphatic heterocycles. The second-order valence-electron chi connectivity index (χ2n) is 7.76. The molecule has 2 bridgehead atoms. The lowest BCUT2D eigenvalue weighted by atomic mass is 9.77. The Bertz CT molecular complexity index is 818. The van der Waals surface area contributed by atoms with E-state index in [1.165, 1.54) is 43.5 Å². The van der Waals surface area contributed by atoms with Gasteiger partial charge in [-0.15, -0.1) is 11.3 Å². The van der Waals surface area contributed by atoms with Gasteiger partial charge < -0.3 is 10.1 Å². The first-order valence-electron chi connectivity index (χ1n) is 9.27. The molecule has 1 saturated carbocycles. The van der Waals surface area contributed by atoms with E-state index in [4.69, 9.17) is 4.74 Å². The second kappa shape index (κ2) is 5.79. The summed E-state index contributed by atoms with van der Waals surface area (Å²) in [5, 5.41) is 4.57. The molecule has 4 nitrogen and oxygen atoms in total. The Morgan fingerprint density at radius 2 is 2.16 bits per heavy atom. The van der Waals surface area contributed by atoms with Crippen molar-refractivity contribution >= 4 is 27.3 Å². The lowest BCUT2D eigenvalue weighted by Gasteiger charge is -2.52. The molecule has 0 radical (unpaired) electrons. The molecule has 3 saturated heterocycles. The summed E-state index contributed by atoms with van der Waals surface area (Å²) in [5.41, 5.74) is 1.44. The first-order chi connectivity index (χ1) is 12.2. The molecular weight excluding hydrogens is 332 g/mol. The molecule has 132 valence electrons. The van der Waals surface area contributed by atoms with Crippen LogP contribution in [0.3, 0.4) is 0 Å². The highest BCUT2D eigenvalue weighted by Gasteiger charge is 2.60. The summed E-state index contributed by atoms with van der Waals surface area (Å²) in [5.74, 6) is 0.768. The van der Waals surface area contributed by atoms with Gasteiger partial charge in [-0.2, -0.15) is 0 Å². The molecule has 5 heteroatoms. The van der Waals surface area contributed by atoms with Crippen molar-refractivity contribution in [3.05, 3.63) is 34.7 Å². The maximum atomic E-state index is 13.0. The summed E-state index contributed by atoms with van der Waals surface area (Å²) in [6.07, 6.45) is 4.96. The minimum atomic E-state index is 0.106. The predicted molar refractivity (Wildman–Crippen MR) is 100 cm³/mol. The number of rotatable bonds is 4. The molecule has 1 spiro atoms. The molecule has 1 aromatic carbocycles. The van der Waals surface area contributed by atoms with Crippen molar-refractivity contribution in [2.45, 2.75) is 43.9 Å². The van der Waals surface area contributed by atoms with Crippen LogP contribution >= 0.6 is 11.3 Å². The molecular formula is C20H24N2O2S. The summed E-state index contributed by atoms with van der Waals surface area (Å²) in [6.45, 7) is 3.03. The molecule has 6 rings (SSSR count). The average Bonchev–Trinajstić information content (AvgIpc) is 3.28. The third-order valence-corrected chi connectivity index (χ3v) is 7.64. The van der Waals surface area contributed by atoms with E-state index in [2.05, 4.69) is 22.3 Å². The van der Waals surface area contributed by atoms with Crippen LogP contribution in [0.2, 0.25) is 0 Å². The van der Waals surface area contributed by atoms with Gasteiger partial charge in [-0.1, -0.05) is 18.2 Å². The van der Waals surface area contributed by atoms with Gasteiger partial charge in [0.1, 0.15) is 0 Å². The topological polar surface area (TPSA) is 41.6 Å². The Kier molecular flexibility index (Phi) is 3.66. The van der Waals surface area contributed by atoms with Crippen molar-refractivity contribution < 1.29 is 9.53 Å². The van der Waals surface area contributed by atoms with E-state index >= 15 is 0 Å². The number of benzene rings is 1. The van der Waals surface area contributed by atoms with E-state index in [1.54, 1.807) is 18.4 Å². The number of piperidine rings is 3. The van der Waals surface area contributed by atoms with Gasteiger partial charge >= 0.3 is 0 Å². The molecule has 1 amide bonds. The predicted octanol–water partition coefficient (Wildman–Crippen LogP) is 3.40. The van der Waals surface area contributed by atoms with Gasteiger partial charge in [0, 0.05) is 17.3 Å². The fraction of sp³-hybridized carbons (Fsp3) is 0.550. The number of ether oxygens (including phenoxy) is 1. The van der Waals surface area contributed by atoms with Crippen LogP contribution < -0.4 is 5.32 Å². The highest BCUT2D eigenvalue weighted by atomic mass is 32.1. The van der Waals surface area contributed by atoms with Gasteiger partial charge in [-0.3, -0.25) is 9.69 Å². The Balaban J connectivity index is 1.41. The minimum Gasteiger partial charge on any atom is -0.380 e. The molecule has 4 fully saturated rings. The van der Waals surface area contributed by atoms with Gasteiger partial charge in [-0.05, 0) is 61.7 Å². The summed E-state index contributed by atoms with van der Waals surface area (Å²) in [4.78, 5) is 16.5. The number of carbonyl (C=O) groups excluding carboxylic acids is 1. The standard InChI is InChI=1S/C20H24N2O2S/c1-24-12-15-4-2-3-14-11-16(25-17(14)15)19(23)21-18-13-5-9-22(10-6-13)20(18)7-8-20/h2-4,11,13,18H,5-10,12H2,1H3,(H,21,23). The summed E-state index contributed by atoms with van der Waals surface area (Å²) in [7, 11) is 1.71. The van der Waals surface area contributed by atoms with Crippen LogP contribution in [-0.2, 0) is 11.3 Å². The molecule has 1 unspecified atom stereocenters.